The number of nitro groups is 1. The lowest BCUT2D eigenvalue weighted by molar-refractivity contribution is -0.527. The molecule has 0 saturated heterocycles. The molecule has 11 heteroatoms. The standard InChI is InChI=1S/C29H46N2O9/c1-29(2,19-3-11-23(12-4-19)37-27(32)39-25-15-7-21(30-34)8-16-25)20-5-13-24(14-6-20)38-28(33)40-26-17-9-22(10-18-26)31(35)36/h19-26H,3-18H2,1-2H3. The van der Waals surface area contributed by atoms with Crippen molar-refractivity contribution >= 4 is 12.3 Å². The summed E-state index contributed by atoms with van der Waals surface area (Å²) in [6.45, 7) is 4.69. The van der Waals surface area contributed by atoms with E-state index in [0.717, 1.165) is 51.4 Å². The summed E-state index contributed by atoms with van der Waals surface area (Å²) in [7, 11) is 0. The molecule has 4 aliphatic rings. The molecule has 11 nitrogen and oxygen atoms in total. The topological polar surface area (TPSA) is 144 Å². The fourth-order valence-corrected chi connectivity index (χ4v) is 7.43. The molecule has 0 aromatic rings. The Hall–Kier alpha value is -2.46. The average molecular weight is 567 g/mol. The van der Waals surface area contributed by atoms with Crippen molar-refractivity contribution in [3.05, 3.63) is 15.0 Å². The third kappa shape index (κ3) is 8.28. The Morgan fingerprint density at radius 1 is 0.625 bits per heavy atom. The van der Waals surface area contributed by atoms with Gasteiger partial charge in [0.25, 0.3) is 0 Å². The maximum absolute atomic E-state index is 12.3. The fraction of sp³-hybridized carbons (Fsp3) is 0.931. The summed E-state index contributed by atoms with van der Waals surface area (Å²) in [6.07, 6.45) is 9.84. The molecule has 0 aromatic carbocycles. The molecule has 40 heavy (non-hydrogen) atoms. The zero-order valence-corrected chi connectivity index (χ0v) is 24.0. The summed E-state index contributed by atoms with van der Waals surface area (Å²) >= 11 is 0. The fourth-order valence-electron chi connectivity index (χ4n) is 7.43. The Morgan fingerprint density at radius 3 is 1.27 bits per heavy atom. The summed E-state index contributed by atoms with van der Waals surface area (Å²) in [5, 5.41) is 14.0. The summed E-state index contributed by atoms with van der Waals surface area (Å²) < 4.78 is 22.2. The van der Waals surface area contributed by atoms with Gasteiger partial charge < -0.3 is 18.9 Å². The summed E-state index contributed by atoms with van der Waals surface area (Å²) in [4.78, 5) is 46.0. The minimum absolute atomic E-state index is 0.114. The lowest BCUT2D eigenvalue weighted by atomic mass is 9.60. The Bertz CT molecular complexity index is 865. The van der Waals surface area contributed by atoms with Gasteiger partial charge in [0.15, 0.2) is 0 Å². The van der Waals surface area contributed by atoms with E-state index in [2.05, 4.69) is 19.0 Å². The smallest absolute Gasteiger partial charge is 0.431 e. The van der Waals surface area contributed by atoms with Crippen LogP contribution in [0.3, 0.4) is 0 Å². The normalized spacial score (nSPS) is 35.1. The van der Waals surface area contributed by atoms with Crippen LogP contribution in [0.15, 0.2) is 5.18 Å². The number of nitroso groups, excluding NO2 is 1. The van der Waals surface area contributed by atoms with Gasteiger partial charge in [-0.3, -0.25) is 10.1 Å². The summed E-state index contributed by atoms with van der Waals surface area (Å²) in [5.74, 6) is 1.07. The van der Waals surface area contributed by atoms with E-state index in [4.69, 9.17) is 18.9 Å². The molecule has 4 saturated carbocycles. The van der Waals surface area contributed by atoms with E-state index in [1.165, 1.54) is 0 Å². The SMILES string of the molecule is CC(C)(C1CCC(OC(=O)OC2CCC(N=O)CC2)CC1)C1CCC(OC(=O)OC2CCC([N+](=O)[O-])CC2)CC1. The largest absolute Gasteiger partial charge is 0.508 e. The van der Waals surface area contributed by atoms with Crippen molar-refractivity contribution in [2.24, 2.45) is 22.4 Å². The van der Waals surface area contributed by atoms with Gasteiger partial charge in [-0.1, -0.05) is 19.0 Å². The van der Waals surface area contributed by atoms with Crippen molar-refractivity contribution in [3.63, 3.8) is 0 Å². The maximum Gasteiger partial charge on any atom is 0.508 e. The zero-order chi connectivity index (χ0) is 28.7. The van der Waals surface area contributed by atoms with Crippen LogP contribution in [-0.2, 0) is 18.9 Å². The summed E-state index contributed by atoms with van der Waals surface area (Å²) in [6, 6.07) is -0.688. The van der Waals surface area contributed by atoms with E-state index in [1.54, 1.807) is 0 Å². The molecule has 4 rings (SSSR count). The molecular weight excluding hydrogens is 520 g/mol. The first-order chi connectivity index (χ1) is 19.1. The van der Waals surface area contributed by atoms with Crippen LogP contribution in [0.25, 0.3) is 0 Å². The molecule has 4 aliphatic carbocycles. The van der Waals surface area contributed by atoms with Gasteiger partial charge in [0.05, 0.1) is 6.04 Å². The molecule has 0 heterocycles. The number of rotatable bonds is 8. The molecule has 226 valence electrons. The number of nitrogens with zero attached hydrogens (tertiary/aromatic N) is 2. The highest BCUT2D eigenvalue weighted by atomic mass is 16.7. The van der Waals surface area contributed by atoms with Crippen molar-refractivity contribution in [3.8, 4) is 0 Å². The number of hydrogen-bond donors (Lipinski definition) is 0. The molecule has 0 aromatic heterocycles. The van der Waals surface area contributed by atoms with Crippen LogP contribution in [0.1, 0.15) is 117 Å². The monoisotopic (exact) mass is 566 g/mol. The quantitative estimate of drug-likeness (QED) is 0.130. The lowest BCUT2D eigenvalue weighted by Gasteiger charge is -2.46. The van der Waals surface area contributed by atoms with Gasteiger partial charge in [0, 0.05) is 17.8 Å². The molecule has 0 radical (unpaired) electrons. The zero-order valence-electron chi connectivity index (χ0n) is 24.0. The molecule has 4 fully saturated rings. The summed E-state index contributed by atoms with van der Waals surface area (Å²) in [5.41, 5.74) is 0.137. The third-order valence-corrected chi connectivity index (χ3v) is 10.2. The van der Waals surface area contributed by atoms with Crippen molar-refractivity contribution in [1.82, 2.24) is 0 Å². The minimum atomic E-state index is -0.644. The first-order valence-electron chi connectivity index (χ1n) is 15.3. The van der Waals surface area contributed by atoms with E-state index in [1.807, 2.05) is 0 Å². The average Bonchev–Trinajstić information content (AvgIpc) is 2.94. The molecule has 0 unspecified atom stereocenters. The number of ether oxygens (including phenoxy) is 4. The van der Waals surface area contributed by atoms with E-state index in [9.17, 15) is 24.6 Å². The number of carbonyl (C=O) groups is 2. The van der Waals surface area contributed by atoms with E-state index >= 15 is 0 Å². The van der Waals surface area contributed by atoms with Gasteiger partial charge in [0.1, 0.15) is 24.4 Å². The highest BCUT2D eigenvalue weighted by Crippen LogP contribution is 2.49. The third-order valence-electron chi connectivity index (χ3n) is 10.2. The van der Waals surface area contributed by atoms with Crippen molar-refractivity contribution in [1.29, 1.82) is 0 Å². The van der Waals surface area contributed by atoms with Crippen LogP contribution >= 0.6 is 0 Å². The van der Waals surface area contributed by atoms with E-state index in [0.29, 0.717) is 63.2 Å². The van der Waals surface area contributed by atoms with Gasteiger partial charge in [-0.25, -0.2) is 9.59 Å². The second-order valence-electron chi connectivity index (χ2n) is 13.0. The van der Waals surface area contributed by atoms with Gasteiger partial charge in [-0.2, -0.15) is 4.91 Å². The highest BCUT2D eigenvalue weighted by molar-refractivity contribution is 5.60. The first kappa shape index (κ1) is 30.5. The number of carbonyl (C=O) groups excluding carboxylic acids is 2. The van der Waals surface area contributed by atoms with Crippen molar-refractivity contribution in [2.75, 3.05) is 0 Å². The van der Waals surface area contributed by atoms with Crippen LogP contribution in [-0.4, -0.2) is 53.7 Å². The Labute approximate surface area is 236 Å². The van der Waals surface area contributed by atoms with Crippen LogP contribution in [0.2, 0.25) is 0 Å². The maximum atomic E-state index is 12.3. The second kappa shape index (κ2) is 13.9. The van der Waals surface area contributed by atoms with Crippen LogP contribution < -0.4 is 0 Å². The minimum Gasteiger partial charge on any atom is -0.431 e. The van der Waals surface area contributed by atoms with Crippen molar-refractivity contribution < 1.29 is 33.5 Å². The molecule has 0 atom stereocenters. The van der Waals surface area contributed by atoms with Crippen LogP contribution in [0.4, 0.5) is 9.59 Å². The molecule has 0 spiro atoms. The van der Waals surface area contributed by atoms with Crippen LogP contribution in [0, 0.1) is 32.3 Å². The molecule has 0 amide bonds. The highest BCUT2D eigenvalue weighted by Gasteiger charge is 2.42. The molecular formula is C29H46N2O9. The second-order valence-corrected chi connectivity index (χ2v) is 13.0. The molecule has 0 N–H and O–H groups in total. The lowest BCUT2D eigenvalue weighted by Crippen LogP contribution is -2.40. The Morgan fingerprint density at radius 2 is 0.950 bits per heavy atom. The van der Waals surface area contributed by atoms with Gasteiger partial charge in [-0.15, -0.1) is 0 Å². The van der Waals surface area contributed by atoms with E-state index in [-0.39, 0.29) is 40.8 Å². The Kier molecular flexibility index (Phi) is 10.6. The number of hydrogen-bond acceptors (Lipinski definition) is 10. The Balaban J connectivity index is 1.12. The molecule has 0 aliphatic heterocycles. The van der Waals surface area contributed by atoms with Crippen LogP contribution in [0.5, 0.6) is 0 Å². The van der Waals surface area contributed by atoms with Gasteiger partial charge in [-0.05, 0) is 107 Å². The van der Waals surface area contributed by atoms with Crippen molar-refractivity contribution in [2.45, 2.75) is 153 Å². The first-order valence-corrected chi connectivity index (χ1v) is 15.3. The molecule has 0 bridgehead atoms. The predicted molar refractivity (Wildman–Crippen MR) is 145 cm³/mol. The predicted octanol–water partition coefficient (Wildman–Crippen LogP) is 7.10. The van der Waals surface area contributed by atoms with Gasteiger partial charge in [0.2, 0.25) is 6.04 Å². The van der Waals surface area contributed by atoms with Gasteiger partial charge >= 0.3 is 12.3 Å². The van der Waals surface area contributed by atoms with E-state index < -0.39 is 18.4 Å².